The van der Waals surface area contributed by atoms with Crippen LogP contribution < -0.4 is 0 Å². The molecule has 0 bridgehead atoms. The Labute approximate surface area is 68.1 Å². The van der Waals surface area contributed by atoms with E-state index in [1.807, 2.05) is 0 Å². The standard InChI is InChI=1S/C7H16ClNO/c1-9(2)5-3-6-10-7-4-8/h3-7H2,1-2H3. The number of halogens is 1. The number of hydrogen-bond donors (Lipinski definition) is 0. The third-order valence-electron chi connectivity index (χ3n) is 1.12. The Morgan fingerprint density at radius 1 is 1.30 bits per heavy atom. The Bertz CT molecular complexity index is 68.6. The van der Waals surface area contributed by atoms with Crippen molar-refractivity contribution in [3.05, 3.63) is 0 Å². The number of nitrogens with zero attached hydrogens (tertiary/aromatic N) is 1. The van der Waals surface area contributed by atoms with Crippen LogP contribution in [0.2, 0.25) is 0 Å². The third kappa shape index (κ3) is 8.21. The van der Waals surface area contributed by atoms with E-state index >= 15 is 0 Å². The van der Waals surface area contributed by atoms with Crippen molar-refractivity contribution in [1.29, 1.82) is 0 Å². The molecule has 0 saturated heterocycles. The molecule has 2 nitrogen and oxygen atoms in total. The zero-order valence-corrected chi connectivity index (χ0v) is 7.52. The van der Waals surface area contributed by atoms with Crippen molar-refractivity contribution in [3.8, 4) is 0 Å². The van der Waals surface area contributed by atoms with Crippen molar-refractivity contribution in [2.75, 3.05) is 39.7 Å². The summed E-state index contributed by atoms with van der Waals surface area (Å²) in [6, 6.07) is 0. The average Bonchev–Trinajstić information content (AvgIpc) is 1.87. The molecule has 0 rings (SSSR count). The van der Waals surface area contributed by atoms with Crippen molar-refractivity contribution in [1.82, 2.24) is 4.90 Å². The first-order chi connectivity index (χ1) is 4.77. The Morgan fingerprint density at radius 3 is 2.50 bits per heavy atom. The lowest BCUT2D eigenvalue weighted by atomic mass is 10.4. The zero-order chi connectivity index (χ0) is 7.82. The van der Waals surface area contributed by atoms with Gasteiger partial charge in [0.2, 0.25) is 0 Å². The van der Waals surface area contributed by atoms with Crippen LogP contribution in [0, 0.1) is 0 Å². The van der Waals surface area contributed by atoms with Gasteiger partial charge < -0.3 is 9.64 Å². The van der Waals surface area contributed by atoms with Crippen LogP contribution in [0.1, 0.15) is 6.42 Å². The van der Waals surface area contributed by atoms with Crippen molar-refractivity contribution in [3.63, 3.8) is 0 Å². The second kappa shape index (κ2) is 7.32. The lowest BCUT2D eigenvalue weighted by molar-refractivity contribution is 0.140. The lowest BCUT2D eigenvalue weighted by Gasteiger charge is -2.08. The molecular weight excluding hydrogens is 150 g/mol. The van der Waals surface area contributed by atoms with Gasteiger partial charge in [-0.05, 0) is 27.1 Å². The predicted octanol–water partition coefficient (Wildman–Crippen LogP) is 1.19. The van der Waals surface area contributed by atoms with Gasteiger partial charge in [0.05, 0.1) is 6.61 Å². The molecule has 0 saturated carbocycles. The first-order valence-corrected chi connectivity index (χ1v) is 4.09. The van der Waals surface area contributed by atoms with E-state index in [1.165, 1.54) is 0 Å². The zero-order valence-electron chi connectivity index (χ0n) is 6.77. The Kier molecular flexibility index (Phi) is 7.47. The Morgan fingerprint density at radius 2 is 2.00 bits per heavy atom. The molecule has 0 aliphatic rings. The normalized spacial score (nSPS) is 10.8. The Balaban J connectivity index is 2.77. The molecule has 0 unspecified atom stereocenters. The molecule has 0 fully saturated rings. The van der Waals surface area contributed by atoms with Gasteiger partial charge in [0.25, 0.3) is 0 Å². The minimum absolute atomic E-state index is 0.599. The van der Waals surface area contributed by atoms with Crippen molar-refractivity contribution in [2.45, 2.75) is 6.42 Å². The highest BCUT2D eigenvalue weighted by Gasteiger charge is 1.89. The number of hydrogen-bond acceptors (Lipinski definition) is 2. The third-order valence-corrected chi connectivity index (χ3v) is 1.27. The molecule has 0 aliphatic carbocycles. The molecule has 3 heteroatoms. The van der Waals surface area contributed by atoms with Crippen LogP contribution in [0.15, 0.2) is 0 Å². The molecule has 0 amide bonds. The summed E-state index contributed by atoms with van der Waals surface area (Å²) in [6.07, 6.45) is 1.09. The first-order valence-electron chi connectivity index (χ1n) is 3.56. The molecular formula is C7H16ClNO. The van der Waals surface area contributed by atoms with Crippen LogP contribution in [0.5, 0.6) is 0 Å². The minimum Gasteiger partial charge on any atom is -0.380 e. The maximum absolute atomic E-state index is 5.41. The molecule has 0 spiro atoms. The fourth-order valence-electron chi connectivity index (χ4n) is 0.639. The summed E-state index contributed by atoms with van der Waals surface area (Å²) in [4.78, 5) is 2.14. The molecule has 0 aromatic carbocycles. The second-order valence-electron chi connectivity index (χ2n) is 2.46. The molecule has 0 aliphatic heterocycles. The number of alkyl halides is 1. The SMILES string of the molecule is CN(C)CCCOCCCl. The summed E-state index contributed by atoms with van der Waals surface area (Å²) < 4.78 is 5.17. The van der Waals surface area contributed by atoms with E-state index in [0.29, 0.717) is 12.5 Å². The van der Waals surface area contributed by atoms with Gasteiger partial charge in [-0.3, -0.25) is 0 Å². The highest BCUT2D eigenvalue weighted by Crippen LogP contribution is 1.85. The van der Waals surface area contributed by atoms with Crippen LogP contribution >= 0.6 is 11.6 Å². The van der Waals surface area contributed by atoms with Gasteiger partial charge >= 0.3 is 0 Å². The van der Waals surface area contributed by atoms with Crippen molar-refractivity contribution < 1.29 is 4.74 Å². The molecule has 0 N–H and O–H groups in total. The van der Waals surface area contributed by atoms with Crippen molar-refractivity contribution >= 4 is 11.6 Å². The second-order valence-corrected chi connectivity index (χ2v) is 2.84. The van der Waals surface area contributed by atoms with Gasteiger partial charge in [-0.25, -0.2) is 0 Å². The lowest BCUT2D eigenvalue weighted by Crippen LogP contribution is -2.15. The molecule has 0 radical (unpaired) electrons. The fourth-order valence-corrected chi connectivity index (χ4v) is 0.749. The predicted molar refractivity (Wildman–Crippen MR) is 44.7 cm³/mol. The minimum atomic E-state index is 0.599. The van der Waals surface area contributed by atoms with Gasteiger partial charge in [0, 0.05) is 12.5 Å². The fraction of sp³-hybridized carbons (Fsp3) is 1.00. The van der Waals surface area contributed by atoms with E-state index in [9.17, 15) is 0 Å². The number of ether oxygens (including phenoxy) is 1. The smallest absolute Gasteiger partial charge is 0.0601 e. The highest BCUT2D eigenvalue weighted by atomic mass is 35.5. The topological polar surface area (TPSA) is 12.5 Å². The van der Waals surface area contributed by atoms with Crippen LogP contribution in [-0.2, 0) is 4.74 Å². The molecule has 10 heavy (non-hydrogen) atoms. The monoisotopic (exact) mass is 165 g/mol. The van der Waals surface area contributed by atoms with Gasteiger partial charge in [0.1, 0.15) is 0 Å². The molecule has 62 valence electrons. The van der Waals surface area contributed by atoms with Crippen LogP contribution in [0.4, 0.5) is 0 Å². The maximum atomic E-state index is 5.41. The van der Waals surface area contributed by atoms with E-state index < -0.39 is 0 Å². The van der Waals surface area contributed by atoms with Crippen LogP contribution in [0.25, 0.3) is 0 Å². The summed E-state index contributed by atoms with van der Waals surface area (Å²) >= 11 is 5.41. The van der Waals surface area contributed by atoms with Gasteiger partial charge in [-0.2, -0.15) is 0 Å². The van der Waals surface area contributed by atoms with E-state index in [4.69, 9.17) is 16.3 Å². The van der Waals surface area contributed by atoms with E-state index in [0.717, 1.165) is 19.6 Å². The summed E-state index contributed by atoms with van der Waals surface area (Å²) in [5, 5.41) is 0. The molecule has 0 atom stereocenters. The summed E-state index contributed by atoms with van der Waals surface area (Å²) in [5.41, 5.74) is 0. The van der Waals surface area contributed by atoms with Crippen molar-refractivity contribution in [2.24, 2.45) is 0 Å². The highest BCUT2D eigenvalue weighted by molar-refractivity contribution is 6.17. The van der Waals surface area contributed by atoms with E-state index in [1.54, 1.807) is 0 Å². The van der Waals surface area contributed by atoms with E-state index in [2.05, 4.69) is 19.0 Å². The van der Waals surface area contributed by atoms with Gasteiger partial charge in [-0.15, -0.1) is 11.6 Å². The maximum Gasteiger partial charge on any atom is 0.0601 e. The largest absolute Gasteiger partial charge is 0.380 e. The quantitative estimate of drug-likeness (QED) is 0.433. The summed E-state index contributed by atoms with van der Waals surface area (Å²) in [6.45, 7) is 2.59. The summed E-state index contributed by atoms with van der Waals surface area (Å²) in [5.74, 6) is 0.599. The molecule has 0 heterocycles. The van der Waals surface area contributed by atoms with Gasteiger partial charge in [0.15, 0.2) is 0 Å². The van der Waals surface area contributed by atoms with Crippen LogP contribution in [0.3, 0.4) is 0 Å². The summed E-state index contributed by atoms with van der Waals surface area (Å²) in [7, 11) is 4.11. The number of rotatable bonds is 6. The average molecular weight is 166 g/mol. The van der Waals surface area contributed by atoms with E-state index in [-0.39, 0.29) is 0 Å². The first kappa shape index (κ1) is 10.2. The molecule has 0 aromatic heterocycles. The van der Waals surface area contributed by atoms with Crippen LogP contribution in [-0.4, -0.2) is 44.6 Å². The van der Waals surface area contributed by atoms with Gasteiger partial charge in [-0.1, -0.05) is 0 Å². The Hall–Kier alpha value is 0.210. The molecule has 0 aromatic rings.